The molecule has 0 radical (unpaired) electrons. The summed E-state index contributed by atoms with van der Waals surface area (Å²) in [6.45, 7) is 4.39. The van der Waals surface area contributed by atoms with Gasteiger partial charge in [0, 0.05) is 5.56 Å². The van der Waals surface area contributed by atoms with E-state index in [9.17, 15) is 17.6 Å². The van der Waals surface area contributed by atoms with Crippen LogP contribution in [0.5, 0.6) is 0 Å². The quantitative estimate of drug-likeness (QED) is 0.351. The molecule has 160 valence electrons. The molecular weight excluding hydrogens is 388 g/mol. The maximum Gasteiger partial charge on any atom is 0.160 e. The fraction of sp³-hybridized carbons (Fsp3) is 0.462. The van der Waals surface area contributed by atoms with Crippen molar-refractivity contribution >= 4 is 0 Å². The summed E-state index contributed by atoms with van der Waals surface area (Å²) in [5.41, 5.74) is 0.437. The standard InChI is InChI=1S/C26H28F4/c1-3-4-18-5-9-21(10-6-18)17(2)13-20-15-24(28)22(25(29)16-20)11-7-19-8-12-23(27)26(30)14-19/h8,12,14-18,21H,3-6,9-10,13H2,1-2H3. The van der Waals surface area contributed by atoms with E-state index in [1.807, 2.05) is 0 Å². The van der Waals surface area contributed by atoms with E-state index >= 15 is 0 Å². The highest BCUT2D eigenvalue weighted by molar-refractivity contribution is 5.45. The van der Waals surface area contributed by atoms with Crippen LogP contribution in [0.3, 0.4) is 0 Å². The first kappa shape index (κ1) is 22.4. The van der Waals surface area contributed by atoms with Crippen LogP contribution in [0.1, 0.15) is 69.1 Å². The van der Waals surface area contributed by atoms with Gasteiger partial charge in [0.25, 0.3) is 0 Å². The van der Waals surface area contributed by atoms with Crippen molar-refractivity contribution in [1.82, 2.24) is 0 Å². The van der Waals surface area contributed by atoms with Gasteiger partial charge < -0.3 is 0 Å². The van der Waals surface area contributed by atoms with Crippen LogP contribution < -0.4 is 0 Å². The molecule has 0 amide bonds. The molecule has 0 nitrogen and oxygen atoms in total. The van der Waals surface area contributed by atoms with Crippen molar-refractivity contribution in [2.45, 2.75) is 58.8 Å². The van der Waals surface area contributed by atoms with E-state index in [0.717, 1.165) is 18.1 Å². The molecule has 0 aliphatic heterocycles. The maximum atomic E-state index is 14.5. The minimum absolute atomic E-state index is 0.157. The van der Waals surface area contributed by atoms with Crippen LogP contribution in [-0.4, -0.2) is 0 Å². The Morgan fingerprint density at radius 2 is 1.53 bits per heavy atom. The Morgan fingerprint density at radius 1 is 0.867 bits per heavy atom. The van der Waals surface area contributed by atoms with Crippen molar-refractivity contribution < 1.29 is 17.6 Å². The molecule has 0 spiro atoms. The van der Waals surface area contributed by atoms with Crippen molar-refractivity contribution in [3.63, 3.8) is 0 Å². The largest absolute Gasteiger partial charge is 0.206 e. The Kier molecular flexibility index (Phi) is 7.58. The second-order valence-electron chi connectivity index (χ2n) is 8.56. The predicted octanol–water partition coefficient (Wildman–Crippen LogP) is 7.43. The molecule has 1 aliphatic rings. The van der Waals surface area contributed by atoms with Crippen molar-refractivity contribution in [2.75, 3.05) is 0 Å². The van der Waals surface area contributed by atoms with Gasteiger partial charge >= 0.3 is 0 Å². The van der Waals surface area contributed by atoms with E-state index in [-0.39, 0.29) is 11.1 Å². The summed E-state index contributed by atoms with van der Waals surface area (Å²) >= 11 is 0. The molecule has 0 bridgehead atoms. The van der Waals surface area contributed by atoms with Gasteiger partial charge in [0.1, 0.15) is 11.6 Å². The van der Waals surface area contributed by atoms with Crippen LogP contribution in [0.15, 0.2) is 30.3 Å². The third-order valence-corrected chi connectivity index (χ3v) is 6.30. The van der Waals surface area contributed by atoms with Crippen LogP contribution in [0, 0.1) is 52.9 Å². The van der Waals surface area contributed by atoms with Crippen molar-refractivity contribution in [3.05, 3.63) is 70.3 Å². The molecule has 0 aromatic heterocycles. The Balaban J connectivity index is 1.67. The summed E-state index contributed by atoms with van der Waals surface area (Å²) in [6.07, 6.45) is 8.05. The van der Waals surface area contributed by atoms with Crippen LogP contribution in [0.4, 0.5) is 17.6 Å². The molecule has 3 rings (SSSR count). The number of rotatable bonds is 5. The highest BCUT2D eigenvalue weighted by Crippen LogP contribution is 2.36. The monoisotopic (exact) mass is 416 g/mol. The number of hydrogen-bond donors (Lipinski definition) is 0. The molecule has 1 saturated carbocycles. The molecule has 0 heterocycles. The molecule has 1 aliphatic carbocycles. The zero-order valence-corrected chi connectivity index (χ0v) is 17.6. The molecule has 1 fully saturated rings. The zero-order valence-electron chi connectivity index (χ0n) is 17.6. The summed E-state index contributed by atoms with van der Waals surface area (Å²) in [5, 5.41) is 0. The highest BCUT2D eigenvalue weighted by Gasteiger charge is 2.25. The van der Waals surface area contributed by atoms with E-state index in [2.05, 4.69) is 25.7 Å². The lowest BCUT2D eigenvalue weighted by Gasteiger charge is -2.32. The van der Waals surface area contributed by atoms with Gasteiger partial charge in [-0.15, -0.1) is 0 Å². The first-order valence-electron chi connectivity index (χ1n) is 10.8. The summed E-state index contributed by atoms with van der Waals surface area (Å²) in [5.74, 6) is 3.23. The van der Waals surface area contributed by atoms with Gasteiger partial charge in [0.2, 0.25) is 0 Å². The van der Waals surface area contributed by atoms with Crippen molar-refractivity contribution in [3.8, 4) is 11.8 Å². The van der Waals surface area contributed by atoms with E-state index in [1.165, 1.54) is 56.7 Å². The van der Waals surface area contributed by atoms with Crippen LogP contribution in [-0.2, 0) is 6.42 Å². The first-order chi connectivity index (χ1) is 14.4. The van der Waals surface area contributed by atoms with Crippen LogP contribution >= 0.6 is 0 Å². The van der Waals surface area contributed by atoms with Gasteiger partial charge in [-0.3, -0.25) is 0 Å². The third-order valence-electron chi connectivity index (χ3n) is 6.30. The molecule has 1 unspecified atom stereocenters. The van der Waals surface area contributed by atoms with E-state index in [0.29, 0.717) is 23.8 Å². The molecule has 0 saturated heterocycles. The van der Waals surface area contributed by atoms with E-state index in [1.54, 1.807) is 0 Å². The second-order valence-corrected chi connectivity index (χ2v) is 8.56. The zero-order chi connectivity index (χ0) is 21.7. The minimum Gasteiger partial charge on any atom is -0.206 e. The van der Waals surface area contributed by atoms with Gasteiger partial charge in [-0.1, -0.05) is 51.4 Å². The normalized spacial score (nSPS) is 19.8. The summed E-state index contributed by atoms with van der Waals surface area (Å²) in [7, 11) is 0. The number of hydrogen-bond acceptors (Lipinski definition) is 0. The lowest BCUT2D eigenvalue weighted by atomic mass is 9.73. The van der Waals surface area contributed by atoms with Gasteiger partial charge in [-0.25, -0.2) is 17.6 Å². The van der Waals surface area contributed by atoms with E-state index < -0.39 is 23.3 Å². The highest BCUT2D eigenvalue weighted by atomic mass is 19.2. The van der Waals surface area contributed by atoms with E-state index in [4.69, 9.17) is 0 Å². The lowest BCUT2D eigenvalue weighted by Crippen LogP contribution is -2.21. The van der Waals surface area contributed by atoms with Crippen molar-refractivity contribution in [1.29, 1.82) is 0 Å². The molecule has 2 aromatic rings. The summed E-state index contributed by atoms with van der Waals surface area (Å²) < 4.78 is 55.3. The maximum absolute atomic E-state index is 14.5. The fourth-order valence-corrected chi connectivity index (χ4v) is 4.56. The average Bonchev–Trinajstić information content (AvgIpc) is 2.70. The number of halogens is 4. The third kappa shape index (κ3) is 5.65. The summed E-state index contributed by atoms with van der Waals surface area (Å²) in [6, 6.07) is 5.80. The topological polar surface area (TPSA) is 0 Å². The molecule has 4 heteroatoms. The molecular formula is C26H28F4. The van der Waals surface area contributed by atoms with Crippen LogP contribution in [0.25, 0.3) is 0 Å². The molecule has 0 N–H and O–H groups in total. The Morgan fingerprint density at radius 3 is 2.13 bits per heavy atom. The molecule has 1 atom stereocenters. The SMILES string of the molecule is CCCC1CCC(C(C)Cc2cc(F)c(C#Cc3ccc(F)c(F)c3)c(F)c2)CC1. The lowest BCUT2D eigenvalue weighted by molar-refractivity contribution is 0.206. The Bertz CT molecular complexity index is 907. The minimum atomic E-state index is -1.05. The molecule has 30 heavy (non-hydrogen) atoms. The second kappa shape index (κ2) is 10.2. The van der Waals surface area contributed by atoms with Crippen LogP contribution in [0.2, 0.25) is 0 Å². The van der Waals surface area contributed by atoms with Gasteiger partial charge in [0.05, 0.1) is 5.56 Å². The first-order valence-corrected chi connectivity index (χ1v) is 10.8. The van der Waals surface area contributed by atoms with Gasteiger partial charge in [-0.05, 0) is 72.9 Å². The number of benzene rings is 2. The van der Waals surface area contributed by atoms with Crippen molar-refractivity contribution in [2.24, 2.45) is 17.8 Å². The smallest absolute Gasteiger partial charge is 0.160 e. The average molecular weight is 417 g/mol. The Labute approximate surface area is 176 Å². The fourth-order valence-electron chi connectivity index (χ4n) is 4.56. The van der Waals surface area contributed by atoms with Gasteiger partial charge in [-0.2, -0.15) is 0 Å². The predicted molar refractivity (Wildman–Crippen MR) is 112 cm³/mol. The summed E-state index contributed by atoms with van der Waals surface area (Å²) in [4.78, 5) is 0. The molecule has 2 aromatic carbocycles. The Hall–Kier alpha value is -2.28. The van der Waals surface area contributed by atoms with Gasteiger partial charge in [0.15, 0.2) is 11.6 Å².